The number of rotatable bonds is 8. The van der Waals surface area contributed by atoms with E-state index in [9.17, 15) is 17.0 Å². The molecule has 1 unspecified atom stereocenters. The van der Waals surface area contributed by atoms with Gasteiger partial charge in [-0.25, -0.2) is 12.8 Å². The van der Waals surface area contributed by atoms with Crippen molar-refractivity contribution in [1.82, 2.24) is 4.98 Å². The molecule has 154 valence electrons. The zero-order chi connectivity index (χ0) is 21.0. The molecule has 0 amide bonds. The number of hydrogen-bond acceptors (Lipinski definition) is 5. The van der Waals surface area contributed by atoms with Crippen molar-refractivity contribution in [3.05, 3.63) is 59.9 Å². The lowest BCUT2D eigenvalue weighted by atomic mass is 10.1. The summed E-state index contributed by atoms with van der Waals surface area (Å²) >= 11 is 0. The lowest BCUT2D eigenvalue weighted by Gasteiger charge is -2.05. The highest BCUT2D eigenvalue weighted by Gasteiger charge is 2.31. The minimum atomic E-state index is -4.05. The maximum Gasteiger partial charge on any atom is 0.230 e. The highest BCUT2D eigenvalue weighted by molar-refractivity contribution is 7.92. The Kier molecular flexibility index (Phi) is 6.64. The summed E-state index contributed by atoms with van der Waals surface area (Å²) in [5.74, 6) is -0.353. The first-order valence-corrected chi connectivity index (χ1v) is 12.2. The van der Waals surface area contributed by atoms with Crippen LogP contribution in [0, 0.1) is 5.82 Å². The van der Waals surface area contributed by atoms with Crippen molar-refractivity contribution in [2.75, 3.05) is 5.75 Å². The van der Waals surface area contributed by atoms with Crippen molar-refractivity contribution in [2.45, 2.75) is 48.1 Å². The van der Waals surface area contributed by atoms with Crippen molar-refractivity contribution < 1.29 is 21.4 Å². The molecule has 3 aromatic rings. The van der Waals surface area contributed by atoms with Crippen LogP contribution in [0.15, 0.2) is 68.0 Å². The molecule has 0 radical (unpaired) electrons. The van der Waals surface area contributed by atoms with Crippen molar-refractivity contribution in [3.8, 4) is 11.5 Å². The molecule has 8 heteroatoms. The Morgan fingerprint density at radius 3 is 2.41 bits per heavy atom. The second kappa shape index (κ2) is 9.00. The summed E-state index contributed by atoms with van der Waals surface area (Å²) in [5.41, 5.74) is 1.31. The third-order valence-corrected chi connectivity index (χ3v) is 7.54. The third-order valence-electron chi connectivity index (χ3n) is 4.26. The largest absolute Gasteiger partial charge is 0.426 e. The molecule has 29 heavy (non-hydrogen) atoms. The van der Waals surface area contributed by atoms with Crippen molar-refractivity contribution >= 4 is 20.6 Å². The number of oxazole rings is 1. The van der Waals surface area contributed by atoms with Crippen LogP contribution in [-0.2, 0) is 27.1 Å². The van der Waals surface area contributed by atoms with Crippen LogP contribution in [0.4, 0.5) is 4.39 Å². The van der Waals surface area contributed by atoms with Gasteiger partial charge in [0.2, 0.25) is 25.8 Å². The Hall–Kier alpha value is -2.32. The van der Waals surface area contributed by atoms with Gasteiger partial charge >= 0.3 is 0 Å². The van der Waals surface area contributed by atoms with Gasteiger partial charge in [-0.1, -0.05) is 38.5 Å². The lowest BCUT2D eigenvalue weighted by Crippen LogP contribution is -2.08. The fourth-order valence-electron chi connectivity index (χ4n) is 2.86. The number of hydrogen-bond donors (Lipinski definition) is 0. The summed E-state index contributed by atoms with van der Waals surface area (Å²) in [6.45, 7) is 3.88. The van der Waals surface area contributed by atoms with E-state index in [1.165, 1.54) is 30.3 Å². The minimum Gasteiger partial charge on any atom is -0.426 e. The minimum absolute atomic E-state index is 0.0474. The SMILES string of the molecule is CCCc1ccc(S(=O)(=O)c2nc(-c3cccc(F)c3)oc2S(=O)CCC)cc1. The van der Waals surface area contributed by atoms with E-state index < -0.39 is 26.5 Å². The monoisotopic (exact) mass is 435 g/mol. The molecule has 2 aromatic carbocycles. The third kappa shape index (κ3) is 4.64. The summed E-state index contributed by atoms with van der Waals surface area (Å²) in [6.07, 6.45) is 2.38. The number of sulfone groups is 1. The van der Waals surface area contributed by atoms with Crippen molar-refractivity contribution in [2.24, 2.45) is 0 Å². The van der Waals surface area contributed by atoms with E-state index in [0.29, 0.717) is 6.42 Å². The Morgan fingerprint density at radius 1 is 1.07 bits per heavy atom. The van der Waals surface area contributed by atoms with Gasteiger partial charge in [-0.2, -0.15) is 4.98 Å². The average Bonchev–Trinajstić information content (AvgIpc) is 3.15. The molecule has 0 bridgehead atoms. The Bertz CT molecular complexity index is 1120. The molecule has 0 N–H and O–H groups in total. The molecule has 0 aliphatic heterocycles. The molecule has 0 saturated carbocycles. The van der Waals surface area contributed by atoms with Gasteiger partial charge in [0.25, 0.3) is 0 Å². The molecule has 0 saturated heterocycles. The summed E-state index contributed by atoms with van der Waals surface area (Å²) in [6, 6.07) is 12.0. The first-order chi connectivity index (χ1) is 13.9. The van der Waals surface area contributed by atoms with Gasteiger partial charge in [0.1, 0.15) is 5.82 Å². The number of benzene rings is 2. The van der Waals surface area contributed by atoms with Crippen LogP contribution < -0.4 is 0 Å². The topological polar surface area (TPSA) is 77.2 Å². The number of aryl methyl sites for hydroxylation is 1. The predicted octanol–water partition coefficient (Wildman–Crippen LogP) is 4.78. The van der Waals surface area contributed by atoms with Gasteiger partial charge in [-0.3, -0.25) is 4.21 Å². The van der Waals surface area contributed by atoms with E-state index in [2.05, 4.69) is 4.98 Å². The fraction of sp³-hybridized carbons (Fsp3) is 0.286. The molecule has 1 atom stereocenters. The Labute approximate surface area is 172 Å². The molecule has 0 aliphatic carbocycles. The van der Waals surface area contributed by atoms with Gasteiger partial charge in [0, 0.05) is 11.3 Å². The second-order valence-corrected chi connectivity index (χ2v) is 9.90. The van der Waals surface area contributed by atoms with Gasteiger partial charge < -0.3 is 4.42 Å². The summed E-state index contributed by atoms with van der Waals surface area (Å²) < 4.78 is 58.2. The standard InChI is InChI=1S/C21H22FNO4S2/c1-3-6-15-9-11-18(12-10-15)29(25,26)20-21(28(24)13-4-2)27-19(23-20)16-7-5-8-17(22)14-16/h5,7-12,14H,3-4,6,13H2,1-2H3. The molecular weight excluding hydrogens is 413 g/mol. The number of aromatic nitrogens is 1. The quantitative estimate of drug-likeness (QED) is 0.509. The van der Waals surface area contributed by atoms with E-state index in [1.54, 1.807) is 18.2 Å². The second-order valence-electron chi connectivity index (χ2n) is 6.57. The highest BCUT2D eigenvalue weighted by atomic mass is 32.2. The normalized spacial score (nSPS) is 12.8. The molecule has 1 heterocycles. The van der Waals surface area contributed by atoms with Gasteiger partial charge in [-0.05, 0) is 48.7 Å². The van der Waals surface area contributed by atoms with Crippen molar-refractivity contribution in [3.63, 3.8) is 0 Å². The van der Waals surface area contributed by atoms with E-state index in [1.807, 2.05) is 13.8 Å². The molecular formula is C21H22FNO4S2. The van der Waals surface area contributed by atoms with E-state index in [-0.39, 0.29) is 32.2 Å². The van der Waals surface area contributed by atoms with Crippen LogP contribution in [0.25, 0.3) is 11.5 Å². The average molecular weight is 436 g/mol. The zero-order valence-corrected chi connectivity index (χ0v) is 17.9. The number of nitrogens with zero attached hydrogens (tertiary/aromatic N) is 1. The lowest BCUT2D eigenvalue weighted by molar-refractivity contribution is 0.460. The first-order valence-electron chi connectivity index (χ1n) is 9.36. The van der Waals surface area contributed by atoms with E-state index >= 15 is 0 Å². The molecule has 5 nitrogen and oxygen atoms in total. The van der Waals surface area contributed by atoms with Crippen LogP contribution in [0.5, 0.6) is 0 Å². The van der Waals surface area contributed by atoms with Crippen LogP contribution >= 0.6 is 0 Å². The Balaban J connectivity index is 2.11. The molecule has 0 fully saturated rings. The fourth-order valence-corrected chi connectivity index (χ4v) is 5.62. The maximum absolute atomic E-state index is 13.6. The van der Waals surface area contributed by atoms with Crippen LogP contribution in [0.1, 0.15) is 32.3 Å². The molecule has 0 spiro atoms. The van der Waals surface area contributed by atoms with Crippen molar-refractivity contribution in [1.29, 1.82) is 0 Å². The zero-order valence-electron chi connectivity index (χ0n) is 16.2. The molecule has 1 aromatic heterocycles. The maximum atomic E-state index is 13.6. The summed E-state index contributed by atoms with van der Waals surface area (Å²) in [5, 5.41) is -0.587. The van der Waals surface area contributed by atoms with Gasteiger partial charge in [0.05, 0.1) is 15.7 Å². The Morgan fingerprint density at radius 2 is 1.79 bits per heavy atom. The van der Waals surface area contributed by atoms with Crippen LogP contribution in [-0.4, -0.2) is 23.4 Å². The van der Waals surface area contributed by atoms with Crippen LogP contribution in [0.2, 0.25) is 0 Å². The highest BCUT2D eigenvalue weighted by Crippen LogP contribution is 2.31. The molecule has 3 rings (SSSR count). The first kappa shape index (κ1) is 21.4. The number of halogens is 1. The summed E-state index contributed by atoms with van der Waals surface area (Å²) in [7, 11) is -5.74. The summed E-state index contributed by atoms with van der Waals surface area (Å²) in [4.78, 5) is 4.16. The van der Waals surface area contributed by atoms with E-state index in [4.69, 9.17) is 4.42 Å². The molecule has 0 aliphatic rings. The smallest absolute Gasteiger partial charge is 0.230 e. The van der Waals surface area contributed by atoms with Gasteiger partial charge in [-0.15, -0.1) is 0 Å². The van der Waals surface area contributed by atoms with E-state index in [0.717, 1.165) is 18.4 Å². The van der Waals surface area contributed by atoms with Crippen LogP contribution in [0.3, 0.4) is 0 Å². The predicted molar refractivity (Wildman–Crippen MR) is 109 cm³/mol. The van der Waals surface area contributed by atoms with Gasteiger partial charge in [0.15, 0.2) is 0 Å².